The number of aryl methyl sites for hydroxylation is 3. The molecule has 1 aromatic heterocycles. The molecule has 0 saturated carbocycles. The van der Waals surface area contributed by atoms with Gasteiger partial charge < -0.3 is 15.2 Å². The Kier molecular flexibility index (Phi) is 7.84. The van der Waals surface area contributed by atoms with Crippen LogP contribution in [0.4, 0.5) is 5.82 Å². The number of anilines is 1. The van der Waals surface area contributed by atoms with Crippen LogP contribution in [0.2, 0.25) is 5.02 Å². The van der Waals surface area contributed by atoms with E-state index in [0.29, 0.717) is 29.5 Å². The number of sulfonamides is 1. The van der Waals surface area contributed by atoms with Gasteiger partial charge in [-0.2, -0.15) is 4.72 Å². The number of amides is 1. The van der Waals surface area contributed by atoms with Crippen LogP contribution in [0.5, 0.6) is 0 Å². The molecule has 1 heterocycles. The average molecular weight is 489 g/mol. The Bertz CT molecular complexity index is 1220. The molecule has 0 radical (unpaired) electrons. The van der Waals surface area contributed by atoms with Crippen molar-refractivity contribution in [2.75, 3.05) is 12.8 Å². The van der Waals surface area contributed by atoms with E-state index in [4.69, 9.17) is 17.3 Å². The van der Waals surface area contributed by atoms with Crippen molar-refractivity contribution in [1.82, 2.24) is 14.2 Å². The number of halogens is 1. The molecule has 7 nitrogen and oxygen atoms in total. The molecule has 3 N–H and O–H groups in total. The van der Waals surface area contributed by atoms with Gasteiger partial charge in [0.1, 0.15) is 11.9 Å². The molecule has 1 unspecified atom stereocenters. The van der Waals surface area contributed by atoms with E-state index in [-0.39, 0.29) is 17.2 Å². The third kappa shape index (κ3) is 6.37. The molecule has 33 heavy (non-hydrogen) atoms. The van der Waals surface area contributed by atoms with Gasteiger partial charge in [-0.05, 0) is 67.3 Å². The first-order valence-corrected chi connectivity index (χ1v) is 12.4. The van der Waals surface area contributed by atoms with Gasteiger partial charge in [0.25, 0.3) is 0 Å². The highest BCUT2D eigenvalue weighted by atomic mass is 35.5. The molecule has 0 spiro atoms. The molecule has 0 aliphatic rings. The van der Waals surface area contributed by atoms with Crippen LogP contribution in [-0.2, 0) is 27.9 Å². The quantitative estimate of drug-likeness (QED) is 0.479. The molecule has 3 aromatic rings. The SMILES string of the molecule is Cc1ccc(C)c(S(=O)(=O)NC(CCn2cccc2N)C(=O)N(C)Cc2ccc(Cl)cc2)c1. The molecule has 1 amide bonds. The summed E-state index contributed by atoms with van der Waals surface area (Å²) in [5, 5.41) is 0.608. The Morgan fingerprint density at radius 1 is 1.15 bits per heavy atom. The van der Waals surface area contributed by atoms with Gasteiger partial charge in [-0.15, -0.1) is 0 Å². The molecule has 176 valence electrons. The number of aromatic nitrogens is 1. The summed E-state index contributed by atoms with van der Waals surface area (Å²) in [4.78, 5) is 15.0. The third-order valence-electron chi connectivity index (χ3n) is 5.46. The van der Waals surface area contributed by atoms with E-state index >= 15 is 0 Å². The van der Waals surface area contributed by atoms with E-state index in [1.165, 1.54) is 4.90 Å². The van der Waals surface area contributed by atoms with Crippen molar-refractivity contribution in [2.24, 2.45) is 0 Å². The van der Waals surface area contributed by atoms with Crippen LogP contribution in [0, 0.1) is 13.8 Å². The standard InChI is InChI=1S/C24H29ClN4O3S/c1-17-6-7-18(2)22(15-17)33(31,32)27-21(12-14-29-13-4-5-23(29)26)24(30)28(3)16-19-8-10-20(25)11-9-19/h4-11,13,15,21,27H,12,14,16,26H2,1-3H3. The van der Waals surface area contributed by atoms with Gasteiger partial charge in [0, 0.05) is 31.4 Å². The number of hydrogen-bond donors (Lipinski definition) is 2. The number of likely N-dealkylation sites (N-methyl/N-ethyl adjacent to an activating group) is 1. The van der Waals surface area contributed by atoms with Crippen LogP contribution in [-0.4, -0.2) is 36.9 Å². The lowest BCUT2D eigenvalue weighted by Crippen LogP contribution is -2.47. The fourth-order valence-electron chi connectivity index (χ4n) is 3.59. The minimum absolute atomic E-state index is 0.168. The number of nitrogens with two attached hydrogens (primary N) is 1. The predicted molar refractivity (Wildman–Crippen MR) is 131 cm³/mol. The van der Waals surface area contributed by atoms with Gasteiger partial charge in [-0.3, -0.25) is 4.79 Å². The second-order valence-corrected chi connectivity index (χ2v) is 10.3. The molecule has 2 aromatic carbocycles. The lowest BCUT2D eigenvalue weighted by molar-refractivity contribution is -0.132. The van der Waals surface area contributed by atoms with Gasteiger partial charge in [0.05, 0.1) is 4.90 Å². The van der Waals surface area contributed by atoms with E-state index in [9.17, 15) is 13.2 Å². The largest absolute Gasteiger partial charge is 0.385 e. The summed E-state index contributed by atoms with van der Waals surface area (Å²) in [7, 11) is -2.27. The number of nitrogen functional groups attached to an aromatic ring is 1. The van der Waals surface area contributed by atoms with Crippen molar-refractivity contribution in [3.8, 4) is 0 Å². The molecule has 9 heteroatoms. The summed E-state index contributed by atoms with van der Waals surface area (Å²) in [5.41, 5.74) is 8.28. The highest BCUT2D eigenvalue weighted by Crippen LogP contribution is 2.19. The maximum Gasteiger partial charge on any atom is 0.241 e. The van der Waals surface area contributed by atoms with E-state index in [1.54, 1.807) is 61.1 Å². The van der Waals surface area contributed by atoms with Gasteiger partial charge in [0.2, 0.25) is 15.9 Å². The predicted octanol–water partition coefficient (Wildman–Crippen LogP) is 3.74. The summed E-state index contributed by atoms with van der Waals surface area (Å²) in [6, 6.07) is 15.0. The first-order chi connectivity index (χ1) is 15.6. The summed E-state index contributed by atoms with van der Waals surface area (Å²) in [6.45, 7) is 4.27. The summed E-state index contributed by atoms with van der Waals surface area (Å²) < 4.78 is 30.9. The lowest BCUT2D eigenvalue weighted by Gasteiger charge is -2.25. The number of nitrogens with one attached hydrogen (secondary N) is 1. The Morgan fingerprint density at radius 3 is 2.48 bits per heavy atom. The van der Waals surface area contributed by atoms with Crippen molar-refractivity contribution < 1.29 is 13.2 Å². The zero-order valence-corrected chi connectivity index (χ0v) is 20.5. The van der Waals surface area contributed by atoms with E-state index in [2.05, 4.69) is 4.72 Å². The first-order valence-electron chi connectivity index (χ1n) is 10.6. The average Bonchev–Trinajstić information content (AvgIpc) is 3.18. The van der Waals surface area contributed by atoms with Gasteiger partial charge in [0.15, 0.2) is 0 Å². The van der Waals surface area contributed by atoms with Crippen molar-refractivity contribution in [2.45, 2.75) is 44.3 Å². The zero-order valence-electron chi connectivity index (χ0n) is 19.0. The summed E-state index contributed by atoms with van der Waals surface area (Å²) >= 11 is 5.95. The molecule has 0 bridgehead atoms. The van der Waals surface area contributed by atoms with Gasteiger partial charge in [-0.1, -0.05) is 35.9 Å². The van der Waals surface area contributed by atoms with Gasteiger partial charge in [-0.25, -0.2) is 8.42 Å². The van der Waals surface area contributed by atoms with E-state index in [0.717, 1.165) is 11.1 Å². The number of carbonyl (C=O) groups is 1. The van der Waals surface area contributed by atoms with Gasteiger partial charge >= 0.3 is 0 Å². The normalized spacial score (nSPS) is 12.5. The second kappa shape index (κ2) is 10.4. The highest BCUT2D eigenvalue weighted by molar-refractivity contribution is 7.89. The fourth-order valence-corrected chi connectivity index (χ4v) is 5.27. The Morgan fingerprint density at radius 2 is 1.85 bits per heavy atom. The minimum Gasteiger partial charge on any atom is -0.385 e. The number of rotatable bonds is 9. The van der Waals surface area contributed by atoms with E-state index < -0.39 is 16.1 Å². The number of hydrogen-bond acceptors (Lipinski definition) is 4. The molecular formula is C24H29ClN4O3S. The number of benzene rings is 2. The topological polar surface area (TPSA) is 97.4 Å². The highest BCUT2D eigenvalue weighted by Gasteiger charge is 2.29. The second-order valence-electron chi connectivity index (χ2n) is 8.18. The lowest BCUT2D eigenvalue weighted by atomic mass is 10.1. The maximum absolute atomic E-state index is 13.4. The maximum atomic E-state index is 13.4. The third-order valence-corrected chi connectivity index (χ3v) is 7.33. The minimum atomic E-state index is -3.93. The Labute approximate surface area is 200 Å². The Balaban J connectivity index is 1.84. The van der Waals surface area contributed by atoms with Crippen molar-refractivity contribution in [1.29, 1.82) is 0 Å². The Hall–Kier alpha value is -2.81. The number of nitrogens with zero attached hydrogens (tertiary/aromatic N) is 2. The van der Waals surface area contributed by atoms with Crippen LogP contribution >= 0.6 is 11.6 Å². The fraction of sp³-hybridized carbons (Fsp3) is 0.292. The molecule has 1 atom stereocenters. The molecule has 0 fully saturated rings. The first kappa shape index (κ1) is 24.8. The molecule has 0 aliphatic carbocycles. The van der Waals surface area contributed by atoms with Crippen LogP contribution in [0.1, 0.15) is 23.1 Å². The summed E-state index contributed by atoms with van der Waals surface area (Å²) in [6.07, 6.45) is 2.04. The van der Waals surface area contributed by atoms with E-state index in [1.807, 2.05) is 25.1 Å². The van der Waals surface area contributed by atoms with Crippen LogP contribution in [0.3, 0.4) is 0 Å². The van der Waals surface area contributed by atoms with Crippen LogP contribution in [0.25, 0.3) is 0 Å². The molecular weight excluding hydrogens is 460 g/mol. The van der Waals surface area contributed by atoms with Crippen LogP contribution in [0.15, 0.2) is 65.7 Å². The number of carbonyl (C=O) groups excluding carboxylic acids is 1. The monoisotopic (exact) mass is 488 g/mol. The van der Waals surface area contributed by atoms with Crippen molar-refractivity contribution in [3.05, 3.63) is 82.5 Å². The molecule has 0 aliphatic heterocycles. The van der Waals surface area contributed by atoms with Crippen LogP contribution < -0.4 is 10.5 Å². The van der Waals surface area contributed by atoms with Crippen molar-refractivity contribution >= 4 is 33.3 Å². The van der Waals surface area contributed by atoms with Crippen molar-refractivity contribution in [3.63, 3.8) is 0 Å². The summed E-state index contributed by atoms with van der Waals surface area (Å²) in [5.74, 6) is 0.220. The molecule has 0 saturated heterocycles. The zero-order chi connectivity index (χ0) is 24.2. The smallest absolute Gasteiger partial charge is 0.241 e. The molecule has 3 rings (SSSR count).